The number of quaternary nitrogens is 1. The first kappa shape index (κ1) is 25.0. The third kappa shape index (κ3) is 5.27. The lowest BCUT2D eigenvalue weighted by molar-refractivity contribution is -1.21. The van der Waals surface area contributed by atoms with Crippen LogP contribution >= 0.6 is 0 Å². The fourth-order valence-electron chi connectivity index (χ4n) is 4.40. The molecule has 2 aromatic carbocycles. The number of nitriles is 1. The van der Waals surface area contributed by atoms with Gasteiger partial charge in [0.25, 0.3) is 0 Å². The minimum Gasteiger partial charge on any atom is -0.566 e. The Morgan fingerprint density at radius 1 is 1.14 bits per heavy atom. The topological polar surface area (TPSA) is 132 Å². The third-order valence-electron chi connectivity index (χ3n) is 6.03. The number of ether oxygens (including phenoxy) is 1. The number of carbonyl (C=O) groups excluding carboxylic acids is 1. The highest BCUT2D eigenvalue weighted by molar-refractivity contribution is 5.96. The predicted molar refractivity (Wildman–Crippen MR) is 132 cm³/mol. The molecule has 0 bridgehead atoms. The first-order valence-corrected chi connectivity index (χ1v) is 11.5. The van der Waals surface area contributed by atoms with Crippen molar-refractivity contribution in [2.45, 2.75) is 26.2 Å². The largest absolute Gasteiger partial charge is 0.566 e. The lowest BCUT2D eigenvalue weighted by Crippen LogP contribution is -3.03. The maximum atomic E-state index is 13.3. The summed E-state index contributed by atoms with van der Waals surface area (Å²) in [5.74, 6) is -1.24. The van der Waals surface area contributed by atoms with Crippen LogP contribution in [0.4, 0.5) is 0 Å². The molecule has 36 heavy (non-hydrogen) atoms. The first-order valence-electron chi connectivity index (χ1n) is 11.5. The van der Waals surface area contributed by atoms with Crippen molar-refractivity contribution in [2.75, 3.05) is 13.2 Å². The van der Waals surface area contributed by atoms with Crippen LogP contribution < -0.4 is 10.7 Å². The minimum atomic E-state index is -1.38. The summed E-state index contributed by atoms with van der Waals surface area (Å²) in [5, 5.41) is 31.8. The van der Waals surface area contributed by atoms with Crippen LogP contribution in [0.5, 0.6) is 0 Å². The zero-order valence-electron chi connectivity index (χ0n) is 19.9. The summed E-state index contributed by atoms with van der Waals surface area (Å²) in [6.07, 6.45) is 2.03. The van der Waals surface area contributed by atoms with E-state index in [-0.39, 0.29) is 19.6 Å². The number of fused-ring (bicyclic) bond motifs is 1. The Morgan fingerprint density at radius 2 is 1.92 bits per heavy atom. The van der Waals surface area contributed by atoms with E-state index >= 15 is 0 Å². The molecule has 4 rings (SSSR count). The Kier molecular flexibility index (Phi) is 7.73. The maximum Gasteiger partial charge on any atom is 0.336 e. The molecule has 0 saturated heterocycles. The quantitative estimate of drug-likeness (QED) is 0.251. The molecular formula is C27H26N4O5. The van der Waals surface area contributed by atoms with Gasteiger partial charge < -0.3 is 15.3 Å². The van der Waals surface area contributed by atoms with E-state index in [1.54, 1.807) is 13.8 Å². The highest BCUT2D eigenvalue weighted by atomic mass is 17.1. The second kappa shape index (κ2) is 11.1. The van der Waals surface area contributed by atoms with Crippen molar-refractivity contribution in [2.24, 2.45) is 0 Å². The van der Waals surface area contributed by atoms with Crippen molar-refractivity contribution in [3.05, 3.63) is 94.1 Å². The number of pyridine rings is 1. The standard InChI is InChI=1S/C27H26N4O5/c1-17-23(15-28)26(25(18(2)30-17)27(32)35-12-7-13-36-31(33)34)21-10-6-11-24-22(21)14-20(16-29-24)19-8-4-3-5-9-19/h3-6,8-11,14,16,26,30-31,33H,7,12-13H2,1-2H3. The van der Waals surface area contributed by atoms with Crippen molar-refractivity contribution in [1.82, 2.24) is 10.3 Å². The highest BCUT2D eigenvalue weighted by Crippen LogP contribution is 2.41. The fraction of sp³-hybridized carbons (Fsp3) is 0.222. The summed E-state index contributed by atoms with van der Waals surface area (Å²) in [6, 6.07) is 19.8. The monoisotopic (exact) mass is 486 g/mol. The summed E-state index contributed by atoms with van der Waals surface area (Å²) in [7, 11) is 0. The molecule has 3 N–H and O–H groups in total. The number of nitrogens with zero attached hydrogens (tertiary/aromatic N) is 2. The van der Waals surface area contributed by atoms with Crippen molar-refractivity contribution in [1.29, 1.82) is 5.26 Å². The molecule has 9 heteroatoms. The van der Waals surface area contributed by atoms with Crippen LogP contribution in [-0.4, -0.2) is 29.4 Å². The minimum absolute atomic E-state index is 0.0184. The average molecular weight is 487 g/mol. The van der Waals surface area contributed by atoms with E-state index in [0.29, 0.717) is 22.5 Å². The lowest BCUT2D eigenvalue weighted by atomic mass is 9.79. The molecule has 2 atom stereocenters. The zero-order chi connectivity index (χ0) is 25.7. The third-order valence-corrected chi connectivity index (χ3v) is 6.03. The summed E-state index contributed by atoms with van der Waals surface area (Å²) in [4.78, 5) is 22.4. The summed E-state index contributed by atoms with van der Waals surface area (Å²) in [5.41, 5.74) is 5.45. The molecule has 0 amide bonds. The lowest BCUT2D eigenvalue weighted by Gasteiger charge is -2.29. The van der Waals surface area contributed by atoms with Gasteiger partial charge in [0, 0.05) is 35.0 Å². The van der Waals surface area contributed by atoms with Crippen molar-refractivity contribution in [3.8, 4) is 17.2 Å². The van der Waals surface area contributed by atoms with Gasteiger partial charge >= 0.3 is 5.97 Å². The molecule has 0 fully saturated rings. The van der Waals surface area contributed by atoms with Gasteiger partial charge in [-0.2, -0.15) is 15.3 Å². The Morgan fingerprint density at radius 3 is 2.64 bits per heavy atom. The number of esters is 1. The van der Waals surface area contributed by atoms with Gasteiger partial charge in [0.1, 0.15) is 6.61 Å². The summed E-state index contributed by atoms with van der Waals surface area (Å²) < 4.78 is 5.46. The number of dihydropyridines is 1. The van der Waals surface area contributed by atoms with Gasteiger partial charge in [-0.1, -0.05) is 47.9 Å². The van der Waals surface area contributed by atoms with E-state index in [0.717, 1.165) is 27.6 Å². The van der Waals surface area contributed by atoms with E-state index in [1.807, 2.05) is 60.8 Å². The SMILES string of the molecule is CC1=C(C#N)C(c2cccc3ncc(-c4ccccc4)cc23)C(C(=O)OCCCO[NH+]([O-])O)=C(C)N1. The number of rotatable bonds is 8. The second-order valence-corrected chi connectivity index (χ2v) is 8.35. The van der Waals surface area contributed by atoms with Crippen molar-refractivity contribution in [3.63, 3.8) is 0 Å². The molecule has 0 saturated carbocycles. The van der Waals surface area contributed by atoms with Crippen LogP contribution in [0.15, 0.2) is 83.3 Å². The van der Waals surface area contributed by atoms with Crippen LogP contribution in [0.1, 0.15) is 31.7 Å². The normalized spacial score (nSPS) is 16.5. The molecule has 3 aromatic rings. The van der Waals surface area contributed by atoms with E-state index in [4.69, 9.17) is 9.94 Å². The Bertz CT molecular complexity index is 1380. The Balaban J connectivity index is 1.75. The van der Waals surface area contributed by atoms with E-state index in [9.17, 15) is 15.3 Å². The number of benzene rings is 2. The van der Waals surface area contributed by atoms with Crippen molar-refractivity contribution >= 4 is 16.9 Å². The van der Waals surface area contributed by atoms with Gasteiger partial charge in [0.05, 0.1) is 35.3 Å². The average Bonchev–Trinajstić information content (AvgIpc) is 2.87. The molecule has 2 heterocycles. The molecule has 0 radical (unpaired) electrons. The number of allylic oxidation sites excluding steroid dienone is 3. The van der Waals surface area contributed by atoms with Crippen LogP contribution in [-0.2, 0) is 14.4 Å². The van der Waals surface area contributed by atoms with Gasteiger partial charge in [-0.3, -0.25) is 4.98 Å². The Hall–Kier alpha value is -4.07. The van der Waals surface area contributed by atoms with Crippen LogP contribution in [0.3, 0.4) is 0 Å². The molecule has 1 aromatic heterocycles. The molecule has 1 aliphatic heterocycles. The molecule has 9 nitrogen and oxygen atoms in total. The summed E-state index contributed by atoms with van der Waals surface area (Å²) in [6.45, 7) is 3.48. The summed E-state index contributed by atoms with van der Waals surface area (Å²) >= 11 is 0. The fourth-order valence-corrected chi connectivity index (χ4v) is 4.40. The number of aromatic nitrogens is 1. The smallest absolute Gasteiger partial charge is 0.336 e. The van der Waals surface area contributed by atoms with E-state index in [1.165, 1.54) is 0 Å². The predicted octanol–water partition coefficient (Wildman–Crippen LogP) is 3.30. The van der Waals surface area contributed by atoms with Gasteiger partial charge in [-0.15, -0.1) is 0 Å². The van der Waals surface area contributed by atoms with E-state index < -0.39 is 17.3 Å². The number of hydrogen-bond donors (Lipinski definition) is 3. The van der Waals surface area contributed by atoms with Crippen molar-refractivity contribution < 1.29 is 25.0 Å². The van der Waals surface area contributed by atoms with Gasteiger partial charge in [-0.05, 0) is 37.1 Å². The second-order valence-electron chi connectivity index (χ2n) is 8.35. The first-order chi connectivity index (χ1) is 17.4. The van der Waals surface area contributed by atoms with Crippen LogP contribution in [0.25, 0.3) is 22.0 Å². The number of nitrogens with one attached hydrogen (secondary N) is 2. The molecule has 0 spiro atoms. The Labute approximate surface area is 208 Å². The molecular weight excluding hydrogens is 460 g/mol. The number of hydrogen-bond acceptors (Lipinski definition) is 8. The molecule has 2 unspecified atom stereocenters. The number of carbonyl (C=O) groups is 1. The maximum absolute atomic E-state index is 13.3. The van der Waals surface area contributed by atoms with Gasteiger partial charge in [0.2, 0.25) is 0 Å². The molecule has 184 valence electrons. The highest BCUT2D eigenvalue weighted by Gasteiger charge is 2.35. The molecule has 0 aliphatic carbocycles. The van der Waals surface area contributed by atoms with Crippen LogP contribution in [0, 0.1) is 16.5 Å². The zero-order valence-corrected chi connectivity index (χ0v) is 19.9. The van der Waals surface area contributed by atoms with Crippen LogP contribution in [0.2, 0.25) is 0 Å². The van der Waals surface area contributed by atoms with E-state index in [2.05, 4.69) is 21.2 Å². The molecule has 1 aliphatic rings. The van der Waals surface area contributed by atoms with Gasteiger partial charge in [-0.25, -0.2) is 4.79 Å². The van der Waals surface area contributed by atoms with Gasteiger partial charge in [0.15, 0.2) is 0 Å².